The molecule has 0 aliphatic heterocycles. The van der Waals surface area contributed by atoms with Crippen molar-refractivity contribution in [2.24, 2.45) is 7.05 Å². The van der Waals surface area contributed by atoms with Gasteiger partial charge in [-0.15, -0.1) is 13.2 Å². The Morgan fingerprint density at radius 2 is 1.53 bits per heavy atom. The van der Waals surface area contributed by atoms with E-state index in [1.807, 2.05) is 6.07 Å². The van der Waals surface area contributed by atoms with Gasteiger partial charge in [0, 0.05) is 7.05 Å². The number of aryl methyl sites for hydroxylation is 1. The van der Waals surface area contributed by atoms with E-state index in [1.165, 1.54) is 28.8 Å². The lowest BCUT2D eigenvalue weighted by molar-refractivity contribution is -0.274. The molecule has 3 aromatic carbocycles. The van der Waals surface area contributed by atoms with E-state index < -0.39 is 11.9 Å². The summed E-state index contributed by atoms with van der Waals surface area (Å²) < 4.78 is 47.9. The molecule has 0 saturated carbocycles. The van der Waals surface area contributed by atoms with Crippen LogP contribution in [0.15, 0.2) is 77.6 Å². The smallest absolute Gasteiger partial charge is 0.435 e. The van der Waals surface area contributed by atoms with E-state index in [4.69, 9.17) is 4.74 Å². The summed E-state index contributed by atoms with van der Waals surface area (Å²) in [6.45, 7) is 0. The van der Waals surface area contributed by atoms with E-state index >= 15 is 0 Å². The van der Waals surface area contributed by atoms with Crippen molar-refractivity contribution in [3.05, 3.63) is 83.2 Å². The number of fused-ring (bicyclic) bond motifs is 1. The number of halogens is 3. The molecule has 0 saturated heterocycles. The minimum atomic E-state index is -4.74. The highest BCUT2D eigenvalue weighted by Crippen LogP contribution is 2.28. The molecule has 0 N–H and O–H groups in total. The number of hydrogen-bond acceptors (Lipinski definition) is 4. The molecule has 1 aromatic heterocycles. The van der Waals surface area contributed by atoms with Gasteiger partial charge in [0.05, 0.1) is 11.0 Å². The van der Waals surface area contributed by atoms with Gasteiger partial charge in [-0.05, 0) is 47.5 Å². The minimum Gasteiger partial charge on any atom is -0.435 e. The van der Waals surface area contributed by atoms with Crippen LogP contribution in [0.25, 0.3) is 22.2 Å². The Morgan fingerprint density at radius 1 is 0.867 bits per heavy atom. The van der Waals surface area contributed by atoms with Gasteiger partial charge in [0.2, 0.25) is 0 Å². The number of nitrogens with zero attached hydrogens (tertiary/aromatic N) is 2. The summed E-state index contributed by atoms with van der Waals surface area (Å²) >= 11 is 0. The number of para-hydroxylation sites is 1. The molecule has 0 amide bonds. The zero-order chi connectivity index (χ0) is 21.3. The summed E-state index contributed by atoms with van der Waals surface area (Å²) in [5.74, 6) is 0.153. The van der Waals surface area contributed by atoms with Gasteiger partial charge in [-0.25, -0.2) is 4.98 Å². The number of rotatable bonds is 4. The molecule has 4 rings (SSSR count). The maximum absolute atomic E-state index is 12.7. The first kappa shape index (κ1) is 19.5. The lowest BCUT2D eigenvalue weighted by Gasteiger charge is -2.11. The second-order valence-electron chi connectivity index (χ2n) is 6.47. The summed E-state index contributed by atoms with van der Waals surface area (Å²) in [6, 6.07) is 19.6. The topological polar surface area (TPSA) is 53.4 Å². The van der Waals surface area contributed by atoms with E-state index in [1.54, 1.807) is 49.5 Å². The molecule has 152 valence electrons. The third kappa shape index (κ3) is 4.12. The van der Waals surface area contributed by atoms with Crippen molar-refractivity contribution in [3.8, 4) is 28.5 Å². The molecule has 30 heavy (non-hydrogen) atoms. The molecular formula is C22H15F3N2O3. The summed E-state index contributed by atoms with van der Waals surface area (Å²) in [5.41, 5.74) is 2.09. The van der Waals surface area contributed by atoms with Gasteiger partial charge < -0.3 is 14.0 Å². The predicted molar refractivity (Wildman–Crippen MR) is 106 cm³/mol. The molecular weight excluding hydrogens is 397 g/mol. The van der Waals surface area contributed by atoms with Crippen molar-refractivity contribution in [2.75, 3.05) is 0 Å². The summed E-state index contributed by atoms with van der Waals surface area (Å²) in [4.78, 5) is 17.0. The van der Waals surface area contributed by atoms with E-state index in [0.29, 0.717) is 22.3 Å². The maximum atomic E-state index is 12.7. The van der Waals surface area contributed by atoms with E-state index in [-0.39, 0.29) is 11.6 Å². The Kier molecular flexibility index (Phi) is 4.91. The van der Waals surface area contributed by atoms with Crippen molar-refractivity contribution in [1.29, 1.82) is 0 Å². The second-order valence-corrected chi connectivity index (χ2v) is 6.47. The standard InChI is InChI=1S/C22H15F3N2O3/c1-27-19-13-15(14-7-10-17(11-8-14)30-22(23,24)25)9-12-18(19)26-20(21(27)28)29-16-5-3-2-4-6-16/h2-13H,1H3. The first-order chi connectivity index (χ1) is 14.3. The van der Waals surface area contributed by atoms with Gasteiger partial charge in [-0.1, -0.05) is 36.4 Å². The number of alkyl halides is 3. The molecule has 0 spiro atoms. The fourth-order valence-corrected chi connectivity index (χ4v) is 2.99. The average Bonchev–Trinajstić information content (AvgIpc) is 2.72. The van der Waals surface area contributed by atoms with Crippen LogP contribution >= 0.6 is 0 Å². The highest BCUT2D eigenvalue weighted by atomic mass is 19.4. The fourth-order valence-electron chi connectivity index (χ4n) is 2.99. The third-order valence-corrected chi connectivity index (χ3v) is 4.43. The molecule has 0 fully saturated rings. The molecule has 1 heterocycles. The first-order valence-electron chi connectivity index (χ1n) is 8.90. The summed E-state index contributed by atoms with van der Waals surface area (Å²) in [7, 11) is 1.61. The number of benzene rings is 3. The van der Waals surface area contributed by atoms with Crippen molar-refractivity contribution in [3.63, 3.8) is 0 Å². The fraction of sp³-hybridized carbons (Fsp3) is 0.0909. The van der Waals surface area contributed by atoms with Crippen molar-refractivity contribution < 1.29 is 22.6 Å². The van der Waals surface area contributed by atoms with Gasteiger partial charge in [0.1, 0.15) is 11.5 Å². The second kappa shape index (κ2) is 7.55. The van der Waals surface area contributed by atoms with Gasteiger partial charge in [0.15, 0.2) is 0 Å². The largest absolute Gasteiger partial charge is 0.573 e. The Bertz CT molecular complexity index is 1250. The molecule has 0 unspecified atom stereocenters. The van der Waals surface area contributed by atoms with Crippen LogP contribution in [0.1, 0.15) is 0 Å². The maximum Gasteiger partial charge on any atom is 0.573 e. The summed E-state index contributed by atoms with van der Waals surface area (Å²) in [6.07, 6.45) is -4.74. The molecule has 4 aromatic rings. The molecule has 0 aliphatic carbocycles. The van der Waals surface area contributed by atoms with Crippen LogP contribution in [-0.2, 0) is 7.05 Å². The first-order valence-corrected chi connectivity index (χ1v) is 8.90. The lowest BCUT2D eigenvalue weighted by Crippen LogP contribution is -2.20. The zero-order valence-electron chi connectivity index (χ0n) is 15.7. The van der Waals surface area contributed by atoms with Crippen molar-refractivity contribution in [2.45, 2.75) is 6.36 Å². The van der Waals surface area contributed by atoms with Crippen LogP contribution < -0.4 is 15.0 Å². The predicted octanol–water partition coefficient (Wildman–Crippen LogP) is 5.29. The Morgan fingerprint density at radius 3 is 2.20 bits per heavy atom. The van der Waals surface area contributed by atoms with Gasteiger partial charge in [-0.3, -0.25) is 4.79 Å². The quantitative estimate of drug-likeness (QED) is 0.457. The Hall–Kier alpha value is -3.81. The molecule has 5 nitrogen and oxygen atoms in total. The van der Waals surface area contributed by atoms with Crippen LogP contribution in [0.5, 0.6) is 17.4 Å². The molecule has 8 heteroatoms. The van der Waals surface area contributed by atoms with Crippen LogP contribution in [-0.4, -0.2) is 15.9 Å². The third-order valence-electron chi connectivity index (χ3n) is 4.43. The van der Waals surface area contributed by atoms with Gasteiger partial charge in [0.25, 0.3) is 5.88 Å². The van der Waals surface area contributed by atoms with Gasteiger partial charge in [-0.2, -0.15) is 0 Å². The number of hydrogen-bond donors (Lipinski definition) is 0. The van der Waals surface area contributed by atoms with Crippen LogP contribution in [0.3, 0.4) is 0 Å². The average molecular weight is 412 g/mol. The lowest BCUT2D eigenvalue weighted by atomic mass is 10.0. The Labute approximate surface area is 168 Å². The monoisotopic (exact) mass is 412 g/mol. The van der Waals surface area contributed by atoms with Crippen LogP contribution in [0.4, 0.5) is 13.2 Å². The van der Waals surface area contributed by atoms with Crippen molar-refractivity contribution in [1.82, 2.24) is 9.55 Å². The van der Waals surface area contributed by atoms with E-state index in [0.717, 1.165) is 5.56 Å². The van der Waals surface area contributed by atoms with E-state index in [9.17, 15) is 18.0 Å². The number of ether oxygens (including phenoxy) is 2. The SMILES string of the molecule is Cn1c(=O)c(Oc2ccccc2)nc2ccc(-c3ccc(OC(F)(F)F)cc3)cc21. The normalized spacial score (nSPS) is 11.5. The van der Waals surface area contributed by atoms with Crippen LogP contribution in [0.2, 0.25) is 0 Å². The van der Waals surface area contributed by atoms with Crippen molar-refractivity contribution >= 4 is 11.0 Å². The highest BCUT2D eigenvalue weighted by Gasteiger charge is 2.30. The number of aromatic nitrogens is 2. The van der Waals surface area contributed by atoms with E-state index in [2.05, 4.69) is 9.72 Å². The molecule has 0 bridgehead atoms. The summed E-state index contributed by atoms with van der Waals surface area (Å²) in [5, 5.41) is 0. The van der Waals surface area contributed by atoms with Gasteiger partial charge >= 0.3 is 11.9 Å². The molecule has 0 aliphatic rings. The van der Waals surface area contributed by atoms with Crippen LogP contribution in [0, 0.1) is 0 Å². The zero-order valence-corrected chi connectivity index (χ0v) is 15.7. The Balaban J connectivity index is 1.68. The highest BCUT2D eigenvalue weighted by molar-refractivity contribution is 5.82. The molecule has 0 atom stereocenters. The minimum absolute atomic E-state index is 0.0439. The molecule has 0 radical (unpaired) electrons.